The minimum atomic E-state index is -1.70. The molecule has 1 aliphatic heterocycles. The molecular weight excluding hydrogens is 536 g/mol. The zero-order chi connectivity index (χ0) is 30.2. The van der Waals surface area contributed by atoms with Crippen molar-refractivity contribution in [3.05, 3.63) is 56.8 Å². The molecule has 0 saturated carbocycles. The Bertz CT molecular complexity index is 1560. The highest BCUT2D eigenvalue weighted by atomic mass is 16.7. The molecular formula is C30H36O11. The molecule has 6 N–H and O–H groups in total. The summed E-state index contributed by atoms with van der Waals surface area (Å²) < 4.78 is 22.8. The lowest BCUT2D eigenvalue weighted by Gasteiger charge is -2.39. The molecule has 1 saturated heterocycles. The molecule has 2 heterocycles. The number of methoxy groups -OCH3 is 1. The van der Waals surface area contributed by atoms with Gasteiger partial charge in [-0.05, 0) is 40.5 Å². The number of hydrogen-bond acceptors (Lipinski definition) is 11. The summed E-state index contributed by atoms with van der Waals surface area (Å²) in [6, 6.07) is 2.61. The minimum Gasteiger partial charge on any atom is -0.507 e. The predicted octanol–water partition coefficient (Wildman–Crippen LogP) is 2.56. The first-order valence-corrected chi connectivity index (χ1v) is 13.2. The second-order valence-electron chi connectivity index (χ2n) is 10.6. The Morgan fingerprint density at radius 2 is 1.51 bits per heavy atom. The van der Waals surface area contributed by atoms with Crippen molar-refractivity contribution in [2.45, 2.75) is 71.2 Å². The fourth-order valence-electron chi connectivity index (χ4n) is 4.84. The average molecular weight is 573 g/mol. The fraction of sp³-hybridized carbons (Fsp3) is 0.433. The van der Waals surface area contributed by atoms with Crippen molar-refractivity contribution in [2.24, 2.45) is 0 Å². The van der Waals surface area contributed by atoms with E-state index in [1.165, 1.54) is 19.2 Å². The molecule has 11 heteroatoms. The van der Waals surface area contributed by atoms with E-state index in [0.29, 0.717) is 5.56 Å². The zero-order valence-corrected chi connectivity index (χ0v) is 23.5. The number of phenolic OH excluding ortho intramolecular Hbond substituents is 2. The summed E-state index contributed by atoms with van der Waals surface area (Å²) in [6.07, 6.45) is -3.67. The number of aromatic hydroxyl groups is 2. The Hall–Kier alpha value is -3.61. The van der Waals surface area contributed by atoms with Gasteiger partial charge in [-0.25, -0.2) is 0 Å². The van der Waals surface area contributed by atoms with E-state index in [1.54, 1.807) is 6.08 Å². The van der Waals surface area contributed by atoms with Crippen LogP contribution >= 0.6 is 0 Å². The smallest absolute Gasteiger partial charge is 0.229 e. The van der Waals surface area contributed by atoms with Crippen LogP contribution in [0.5, 0.6) is 23.0 Å². The summed E-state index contributed by atoms with van der Waals surface area (Å²) in [4.78, 5) is 14.0. The van der Waals surface area contributed by atoms with Crippen molar-refractivity contribution < 1.29 is 49.3 Å². The fourth-order valence-corrected chi connectivity index (χ4v) is 4.84. The van der Waals surface area contributed by atoms with Gasteiger partial charge in [-0.15, -0.1) is 0 Å². The molecule has 11 nitrogen and oxygen atoms in total. The highest BCUT2D eigenvalue weighted by molar-refractivity contribution is 5.97. The van der Waals surface area contributed by atoms with E-state index in [-0.39, 0.29) is 57.6 Å². The van der Waals surface area contributed by atoms with Crippen molar-refractivity contribution in [1.82, 2.24) is 0 Å². The molecule has 2 unspecified atom stereocenters. The van der Waals surface area contributed by atoms with E-state index in [2.05, 4.69) is 0 Å². The predicted molar refractivity (Wildman–Crippen MR) is 151 cm³/mol. The summed E-state index contributed by atoms with van der Waals surface area (Å²) in [7, 11) is 1.38. The quantitative estimate of drug-likeness (QED) is 0.173. The van der Waals surface area contributed by atoms with E-state index in [0.717, 1.165) is 11.1 Å². The standard InChI is InChI=1S/C30H36O11/c1-13(2)6-8-15-18(40-30-28(37)27(36)25(34)21(12-31)41-30)11-20-23(24(15)33)26(35)22-16(9-7-14(3)4)29(38-5)17(32)10-19(22)39-20/h6-7,10-11,21,25,27-28,30-34,36-37H,8-9,12H2,1-5H3/t21-,25+,27?,28?,30+/m1/s1. The van der Waals surface area contributed by atoms with Gasteiger partial charge in [-0.2, -0.15) is 0 Å². The number of aliphatic hydroxyl groups is 4. The van der Waals surface area contributed by atoms with Crippen molar-refractivity contribution in [2.75, 3.05) is 13.7 Å². The SMILES string of the molecule is COc1c(O)cc2oc3cc(O[C@H]4O[C@H](CO)[C@H](O)C(O)C4O)c(CC=C(C)C)c(O)c3c(=O)c2c1CC=C(C)C. The van der Waals surface area contributed by atoms with Gasteiger partial charge in [0.05, 0.1) is 19.1 Å². The zero-order valence-electron chi connectivity index (χ0n) is 23.5. The first-order chi connectivity index (χ1) is 19.4. The van der Waals surface area contributed by atoms with Crippen molar-refractivity contribution >= 4 is 21.9 Å². The number of aliphatic hydroxyl groups excluding tert-OH is 4. The van der Waals surface area contributed by atoms with Gasteiger partial charge in [0.1, 0.15) is 52.5 Å². The van der Waals surface area contributed by atoms with Crippen LogP contribution in [0, 0.1) is 0 Å². The second kappa shape index (κ2) is 12.1. The average Bonchev–Trinajstić information content (AvgIpc) is 2.91. The van der Waals surface area contributed by atoms with Gasteiger partial charge in [0.2, 0.25) is 11.7 Å². The summed E-state index contributed by atoms with van der Waals surface area (Å²) >= 11 is 0. The topological polar surface area (TPSA) is 179 Å². The lowest BCUT2D eigenvalue weighted by molar-refractivity contribution is -0.277. The molecule has 0 spiro atoms. The van der Waals surface area contributed by atoms with Crippen LogP contribution in [0.25, 0.3) is 21.9 Å². The number of benzene rings is 2. The molecule has 41 heavy (non-hydrogen) atoms. The Morgan fingerprint density at radius 3 is 2.10 bits per heavy atom. The van der Waals surface area contributed by atoms with Crippen LogP contribution in [0.2, 0.25) is 0 Å². The van der Waals surface area contributed by atoms with E-state index in [4.69, 9.17) is 18.6 Å². The van der Waals surface area contributed by atoms with Crippen LogP contribution in [-0.2, 0) is 17.6 Å². The third-order valence-electron chi connectivity index (χ3n) is 7.05. The number of ether oxygens (including phenoxy) is 3. The highest BCUT2D eigenvalue weighted by Gasteiger charge is 2.45. The first-order valence-electron chi connectivity index (χ1n) is 13.2. The molecule has 1 aliphatic rings. The Labute approximate surface area is 236 Å². The van der Waals surface area contributed by atoms with Crippen molar-refractivity contribution in [3.63, 3.8) is 0 Å². The van der Waals surface area contributed by atoms with Gasteiger partial charge in [-0.1, -0.05) is 23.3 Å². The Balaban J connectivity index is 1.98. The maximum Gasteiger partial charge on any atom is 0.229 e. The largest absolute Gasteiger partial charge is 0.507 e. The molecule has 2 aromatic carbocycles. The summed E-state index contributed by atoms with van der Waals surface area (Å²) in [5.41, 5.74) is 1.90. The van der Waals surface area contributed by atoms with Gasteiger partial charge in [0.15, 0.2) is 11.5 Å². The molecule has 0 aliphatic carbocycles. The molecule has 4 rings (SSSR count). The number of hydrogen-bond donors (Lipinski definition) is 6. The van der Waals surface area contributed by atoms with Gasteiger partial charge in [-0.3, -0.25) is 4.79 Å². The molecule has 222 valence electrons. The third-order valence-corrected chi connectivity index (χ3v) is 7.05. The minimum absolute atomic E-state index is 0.0261. The molecule has 1 aromatic heterocycles. The second-order valence-corrected chi connectivity index (χ2v) is 10.6. The molecule has 0 bridgehead atoms. The number of allylic oxidation sites excluding steroid dienone is 4. The van der Waals surface area contributed by atoms with Gasteiger partial charge in [0.25, 0.3) is 0 Å². The van der Waals surface area contributed by atoms with Crippen LogP contribution in [0.15, 0.2) is 44.6 Å². The lowest BCUT2D eigenvalue weighted by atomic mass is 9.98. The molecule has 3 aromatic rings. The van der Waals surface area contributed by atoms with Crippen molar-refractivity contribution in [1.29, 1.82) is 0 Å². The third kappa shape index (κ3) is 5.77. The van der Waals surface area contributed by atoms with E-state index < -0.39 is 48.5 Å². The van der Waals surface area contributed by atoms with Gasteiger partial charge >= 0.3 is 0 Å². The summed E-state index contributed by atoms with van der Waals surface area (Å²) in [5.74, 6) is -0.562. The Morgan fingerprint density at radius 1 is 0.902 bits per heavy atom. The molecule has 0 amide bonds. The molecule has 0 radical (unpaired) electrons. The number of fused-ring (bicyclic) bond motifs is 2. The monoisotopic (exact) mass is 572 g/mol. The maximum atomic E-state index is 14.0. The lowest BCUT2D eigenvalue weighted by Crippen LogP contribution is -2.60. The van der Waals surface area contributed by atoms with Gasteiger partial charge < -0.3 is 49.3 Å². The molecule has 5 atom stereocenters. The summed E-state index contributed by atoms with van der Waals surface area (Å²) in [6.45, 7) is 6.85. The van der Waals surface area contributed by atoms with Crippen LogP contribution < -0.4 is 14.9 Å². The number of rotatable bonds is 8. The van der Waals surface area contributed by atoms with E-state index in [1.807, 2.05) is 33.8 Å². The maximum absolute atomic E-state index is 14.0. The van der Waals surface area contributed by atoms with E-state index >= 15 is 0 Å². The van der Waals surface area contributed by atoms with Crippen LogP contribution in [0.4, 0.5) is 0 Å². The first kappa shape index (κ1) is 30.4. The van der Waals surface area contributed by atoms with Crippen LogP contribution in [-0.4, -0.2) is 75.1 Å². The normalized spacial score (nSPS) is 22.5. The highest BCUT2D eigenvalue weighted by Crippen LogP contribution is 2.41. The van der Waals surface area contributed by atoms with Crippen LogP contribution in [0.3, 0.4) is 0 Å². The Kier molecular flexibility index (Phi) is 8.95. The van der Waals surface area contributed by atoms with E-state index in [9.17, 15) is 35.4 Å². The van der Waals surface area contributed by atoms with Gasteiger partial charge in [0, 0.05) is 23.3 Å². The van der Waals surface area contributed by atoms with Crippen molar-refractivity contribution in [3.8, 4) is 23.0 Å². The van der Waals surface area contributed by atoms with Crippen LogP contribution in [0.1, 0.15) is 38.8 Å². The molecule has 1 fully saturated rings. The summed E-state index contributed by atoms with van der Waals surface area (Å²) in [5, 5.41) is 62.5. The number of phenols is 2.